The number of carbonyl (C=O) groups is 2. The molecule has 0 N–H and O–H groups in total. The van der Waals surface area contributed by atoms with E-state index in [1.807, 2.05) is 23.1 Å². The van der Waals surface area contributed by atoms with Gasteiger partial charge >= 0.3 is 0 Å². The van der Waals surface area contributed by atoms with E-state index in [4.69, 9.17) is 0 Å². The van der Waals surface area contributed by atoms with Gasteiger partial charge in [-0.1, -0.05) is 42.5 Å². The summed E-state index contributed by atoms with van der Waals surface area (Å²) in [6.07, 6.45) is 2.88. The summed E-state index contributed by atoms with van der Waals surface area (Å²) >= 11 is 1.74. The van der Waals surface area contributed by atoms with Crippen molar-refractivity contribution in [3.05, 3.63) is 93.4 Å². The fourth-order valence-electron chi connectivity index (χ4n) is 4.50. The van der Waals surface area contributed by atoms with Gasteiger partial charge in [0.05, 0.1) is 12.5 Å². The molecular formula is C26H25FN2O2S. The first-order valence-corrected chi connectivity index (χ1v) is 11.9. The van der Waals surface area contributed by atoms with Crippen molar-refractivity contribution in [2.24, 2.45) is 0 Å². The van der Waals surface area contributed by atoms with Crippen LogP contribution in [0.25, 0.3) is 0 Å². The van der Waals surface area contributed by atoms with Crippen molar-refractivity contribution in [3.8, 4) is 0 Å². The molecule has 6 heteroatoms. The van der Waals surface area contributed by atoms with Crippen molar-refractivity contribution in [1.82, 2.24) is 9.80 Å². The van der Waals surface area contributed by atoms with Crippen LogP contribution in [-0.4, -0.2) is 40.7 Å². The minimum absolute atomic E-state index is 0.0185. The number of amides is 2. The minimum atomic E-state index is -0.319. The van der Waals surface area contributed by atoms with Crippen LogP contribution in [0.2, 0.25) is 0 Å². The van der Waals surface area contributed by atoms with Gasteiger partial charge < -0.3 is 9.80 Å². The third kappa shape index (κ3) is 4.32. The molecule has 1 atom stereocenters. The second-order valence-electron chi connectivity index (χ2n) is 8.51. The normalized spacial score (nSPS) is 17.7. The van der Waals surface area contributed by atoms with E-state index in [0.29, 0.717) is 6.54 Å². The maximum atomic E-state index is 13.5. The number of thiophene rings is 1. The first-order chi connectivity index (χ1) is 15.6. The highest BCUT2D eigenvalue weighted by molar-refractivity contribution is 7.10. The van der Waals surface area contributed by atoms with Gasteiger partial charge in [0, 0.05) is 17.5 Å². The van der Waals surface area contributed by atoms with Crippen molar-refractivity contribution in [1.29, 1.82) is 0 Å². The van der Waals surface area contributed by atoms with E-state index in [9.17, 15) is 14.0 Å². The Balaban J connectivity index is 1.36. The van der Waals surface area contributed by atoms with Crippen LogP contribution in [-0.2, 0) is 22.4 Å². The Morgan fingerprint density at radius 2 is 1.78 bits per heavy atom. The van der Waals surface area contributed by atoms with Crippen molar-refractivity contribution in [3.63, 3.8) is 0 Å². The molecule has 1 aliphatic heterocycles. The fraction of sp³-hybridized carbons (Fsp3) is 0.308. The number of benzene rings is 2. The predicted octanol–water partition coefficient (Wildman–Crippen LogP) is 4.60. The van der Waals surface area contributed by atoms with E-state index in [1.54, 1.807) is 28.4 Å². The Hall–Kier alpha value is -2.99. The molecule has 164 valence electrons. The zero-order valence-corrected chi connectivity index (χ0v) is 18.6. The highest BCUT2D eigenvalue weighted by Crippen LogP contribution is 2.38. The maximum absolute atomic E-state index is 13.5. The lowest BCUT2D eigenvalue weighted by Crippen LogP contribution is -2.47. The summed E-state index contributed by atoms with van der Waals surface area (Å²) in [5.41, 5.74) is 3.05. The van der Waals surface area contributed by atoms with Crippen LogP contribution >= 0.6 is 11.3 Å². The van der Waals surface area contributed by atoms with Gasteiger partial charge in [-0.15, -0.1) is 11.3 Å². The molecule has 4 nitrogen and oxygen atoms in total. The van der Waals surface area contributed by atoms with Crippen molar-refractivity contribution in [2.45, 2.75) is 37.8 Å². The van der Waals surface area contributed by atoms with Crippen molar-refractivity contribution in [2.75, 3.05) is 13.1 Å². The Morgan fingerprint density at radius 1 is 1.03 bits per heavy atom. The molecule has 2 heterocycles. The summed E-state index contributed by atoms with van der Waals surface area (Å²) in [6.45, 7) is 0.740. The number of rotatable bonds is 6. The first kappa shape index (κ1) is 20.9. The lowest BCUT2D eigenvalue weighted by atomic mass is 9.93. The average Bonchev–Trinajstić information content (AvgIpc) is 3.54. The molecule has 3 aromatic rings. The lowest BCUT2D eigenvalue weighted by molar-refractivity contribution is -0.142. The Kier molecular flexibility index (Phi) is 5.79. The second-order valence-corrected chi connectivity index (χ2v) is 9.51. The molecule has 5 rings (SSSR count). The predicted molar refractivity (Wildman–Crippen MR) is 123 cm³/mol. The summed E-state index contributed by atoms with van der Waals surface area (Å²) in [6, 6.07) is 18.2. The quantitative estimate of drug-likeness (QED) is 0.553. The van der Waals surface area contributed by atoms with E-state index < -0.39 is 0 Å². The SMILES string of the molecule is O=C(Cc1ccc(F)cc1)N(CC(=O)N1CCc2sccc2C1c1ccccc1)C1CC1. The Bertz CT molecular complexity index is 1110. The zero-order chi connectivity index (χ0) is 22.1. The zero-order valence-electron chi connectivity index (χ0n) is 17.7. The van der Waals surface area contributed by atoms with Gasteiger partial charge in [0.15, 0.2) is 0 Å². The number of carbonyl (C=O) groups excluding carboxylic acids is 2. The molecule has 1 saturated carbocycles. The number of hydrogen-bond donors (Lipinski definition) is 0. The third-order valence-corrected chi connectivity index (χ3v) is 7.28. The van der Waals surface area contributed by atoms with Crippen LogP contribution < -0.4 is 0 Å². The molecule has 2 aliphatic rings. The van der Waals surface area contributed by atoms with E-state index in [0.717, 1.165) is 30.4 Å². The van der Waals surface area contributed by atoms with Crippen LogP contribution in [0.5, 0.6) is 0 Å². The molecule has 0 spiro atoms. The number of halogens is 1. The summed E-state index contributed by atoms with van der Waals surface area (Å²) in [5.74, 6) is -0.410. The van der Waals surface area contributed by atoms with Crippen LogP contribution in [0.15, 0.2) is 66.0 Å². The van der Waals surface area contributed by atoms with Gasteiger partial charge in [0.25, 0.3) is 0 Å². The van der Waals surface area contributed by atoms with Gasteiger partial charge in [0.1, 0.15) is 12.4 Å². The summed E-state index contributed by atoms with van der Waals surface area (Å²) in [4.78, 5) is 31.6. The van der Waals surface area contributed by atoms with Gasteiger partial charge in [-0.2, -0.15) is 0 Å². The Labute approximate surface area is 191 Å². The first-order valence-electron chi connectivity index (χ1n) is 11.0. The topological polar surface area (TPSA) is 40.6 Å². The van der Waals surface area contributed by atoms with Crippen LogP contribution in [0.4, 0.5) is 4.39 Å². The van der Waals surface area contributed by atoms with E-state index in [2.05, 4.69) is 23.6 Å². The number of hydrogen-bond acceptors (Lipinski definition) is 3. The van der Waals surface area contributed by atoms with Gasteiger partial charge in [0.2, 0.25) is 11.8 Å². The highest BCUT2D eigenvalue weighted by Gasteiger charge is 2.38. The number of nitrogens with zero attached hydrogens (tertiary/aromatic N) is 2. The molecule has 2 amide bonds. The molecule has 32 heavy (non-hydrogen) atoms. The van der Waals surface area contributed by atoms with Crippen LogP contribution in [0.3, 0.4) is 0 Å². The van der Waals surface area contributed by atoms with E-state index >= 15 is 0 Å². The summed E-state index contributed by atoms with van der Waals surface area (Å²) in [7, 11) is 0. The van der Waals surface area contributed by atoms with Crippen LogP contribution in [0.1, 0.15) is 40.5 Å². The van der Waals surface area contributed by atoms with Gasteiger partial charge in [-0.05, 0) is 59.5 Å². The van der Waals surface area contributed by atoms with Gasteiger partial charge in [-0.25, -0.2) is 4.39 Å². The molecule has 0 bridgehead atoms. The lowest BCUT2D eigenvalue weighted by Gasteiger charge is -2.37. The summed E-state index contributed by atoms with van der Waals surface area (Å²) < 4.78 is 13.2. The number of fused-ring (bicyclic) bond motifs is 1. The van der Waals surface area contributed by atoms with Crippen LogP contribution in [0, 0.1) is 5.82 Å². The van der Waals surface area contributed by atoms with Crippen molar-refractivity contribution < 1.29 is 14.0 Å². The monoisotopic (exact) mass is 448 g/mol. The molecule has 1 aromatic heterocycles. The molecule has 1 unspecified atom stereocenters. The second kappa shape index (κ2) is 8.87. The molecule has 2 aromatic carbocycles. The fourth-order valence-corrected chi connectivity index (χ4v) is 5.41. The van der Waals surface area contributed by atoms with Crippen molar-refractivity contribution >= 4 is 23.2 Å². The smallest absolute Gasteiger partial charge is 0.243 e. The molecule has 1 aliphatic carbocycles. The highest BCUT2D eigenvalue weighted by atomic mass is 32.1. The maximum Gasteiger partial charge on any atom is 0.243 e. The van der Waals surface area contributed by atoms with E-state index in [-0.39, 0.29) is 42.7 Å². The average molecular weight is 449 g/mol. The standard InChI is InChI=1S/C26H25FN2O2S/c27-20-8-6-18(7-9-20)16-24(30)29(21-10-11-21)17-25(31)28-14-12-23-22(13-15-32-23)26(28)19-4-2-1-3-5-19/h1-9,13,15,21,26H,10-12,14,16-17H2. The Morgan fingerprint density at radius 3 is 2.50 bits per heavy atom. The molecular weight excluding hydrogens is 423 g/mol. The largest absolute Gasteiger partial charge is 0.330 e. The van der Waals surface area contributed by atoms with Gasteiger partial charge in [-0.3, -0.25) is 9.59 Å². The summed E-state index contributed by atoms with van der Waals surface area (Å²) in [5, 5.41) is 2.09. The third-order valence-electron chi connectivity index (χ3n) is 6.28. The molecule has 1 fully saturated rings. The minimum Gasteiger partial charge on any atom is -0.330 e. The molecule has 0 saturated heterocycles. The van der Waals surface area contributed by atoms with E-state index in [1.165, 1.54) is 22.6 Å². The molecule has 0 radical (unpaired) electrons.